The van der Waals surface area contributed by atoms with Crippen molar-refractivity contribution in [3.05, 3.63) is 47.8 Å². The number of fused-ring (bicyclic) bond motifs is 1. The quantitative estimate of drug-likeness (QED) is 0.921. The van der Waals surface area contributed by atoms with Gasteiger partial charge in [0.05, 0.1) is 6.20 Å². The lowest BCUT2D eigenvalue weighted by Gasteiger charge is -2.10. The van der Waals surface area contributed by atoms with Crippen molar-refractivity contribution in [3.63, 3.8) is 0 Å². The van der Waals surface area contributed by atoms with E-state index < -0.39 is 0 Å². The Hall–Kier alpha value is -1.26. The molecule has 0 fully saturated rings. The van der Waals surface area contributed by atoms with E-state index >= 15 is 0 Å². The lowest BCUT2D eigenvalue weighted by molar-refractivity contribution is 0.548. The predicted octanol–water partition coefficient (Wildman–Crippen LogP) is 2.79. The van der Waals surface area contributed by atoms with Crippen LogP contribution in [0.3, 0.4) is 0 Å². The summed E-state index contributed by atoms with van der Waals surface area (Å²) in [5, 5.41) is 4.40. The molecule has 0 aliphatic carbocycles. The predicted molar refractivity (Wildman–Crippen MR) is 74.7 cm³/mol. The Kier molecular flexibility index (Phi) is 3.14. The van der Waals surface area contributed by atoms with Gasteiger partial charge in [-0.2, -0.15) is 5.10 Å². The van der Waals surface area contributed by atoms with E-state index in [-0.39, 0.29) is 6.04 Å². The summed E-state index contributed by atoms with van der Waals surface area (Å²) in [4.78, 5) is 1.42. The van der Waals surface area contributed by atoms with Crippen molar-refractivity contribution in [1.82, 2.24) is 9.78 Å². The van der Waals surface area contributed by atoms with E-state index in [9.17, 15) is 0 Å². The van der Waals surface area contributed by atoms with Crippen LogP contribution in [-0.4, -0.2) is 15.5 Å². The second-order valence-corrected chi connectivity index (χ2v) is 5.89. The first-order chi connectivity index (χ1) is 8.74. The molecule has 1 aromatic heterocycles. The molecular formula is C14H17N3S. The van der Waals surface area contributed by atoms with Gasteiger partial charge < -0.3 is 5.73 Å². The molecule has 0 amide bonds. The van der Waals surface area contributed by atoms with Gasteiger partial charge in [-0.05, 0) is 18.6 Å². The van der Waals surface area contributed by atoms with Crippen LogP contribution in [0.1, 0.15) is 30.0 Å². The standard InChI is InChI=1S/C14H17N3S/c1-10(15)11-6-16-17(7-11)8-12-9-18-14-5-3-2-4-13(12)14/h2-7,10,12H,8-9,15H2,1H3. The third-order valence-electron chi connectivity index (χ3n) is 3.39. The molecule has 2 unspecified atom stereocenters. The van der Waals surface area contributed by atoms with Crippen LogP contribution in [0.15, 0.2) is 41.6 Å². The van der Waals surface area contributed by atoms with Gasteiger partial charge in [-0.15, -0.1) is 11.8 Å². The number of nitrogens with two attached hydrogens (primary N) is 1. The number of thioether (sulfide) groups is 1. The molecule has 1 aromatic carbocycles. The molecule has 0 spiro atoms. The summed E-state index contributed by atoms with van der Waals surface area (Å²) in [6.45, 7) is 2.93. The molecule has 94 valence electrons. The van der Waals surface area contributed by atoms with Gasteiger partial charge in [-0.1, -0.05) is 18.2 Å². The fourth-order valence-corrected chi connectivity index (χ4v) is 3.56. The van der Waals surface area contributed by atoms with Crippen molar-refractivity contribution in [3.8, 4) is 0 Å². The maximum absolute atomic E-state index is 5.85. The van der Waals surface area contributed by atoms with Gasteiger partial charge in [0.2, 0.25) is 0 Å². The van der Waals surface area contributed by atoms with Crippen molar-refractivity contribution in [2.45, 2.75) is 30.3 Å². The fourth-order valence-electron chi connectivity index (χ4n) is 2.32. The van der Waals surface area contributed by atoms with Gasteiger partial charge in [-0.3, -0.25) is 4.68 Å². The van der Waals surface area contributed by atoms with Crippen LogP contribution in [0.2, 0.25) is 0 Å². The molecule has 2 heterocycles. The molecule has 3 rings (SSSR count). The van der Waals surface area contributed by atoms with Crippen molar-refractivity contribution in [2.75, 3.05) is 5.75 Å². The smallest absolute Gasteiger partial charge is 0.0537 e. The van der Waals surface area contributed by atoms with Gasteiger partial charge >= 0.3 is 0 Å². The summed E-state index contributed by atoms with van der Waals surface area (Å²) in [5.74, 6) is 1.71. The summed E-state index contributed by atoms with van der Waals surface area (Å²) >= 11 is 1.94. The summed E-state index contributed by atoms with van der Waals surface area (Å²) in [5.41, 5.74) is 8.42. The molecule has 18 heavy (non-hydrogen) atoms. The van der Waals surface area contributed by atoms with Gasteiger partial charge in [0.15, 0.2) is 0 Å². The topological polar surface area (TPSA) is 43.8 Å². The minimum Gasteiger partial charge on any atom is -0.324 e. The SMILES string of the molecule is CC(N)c1cnn(CC2CSc3ccccc32)c1. The lowest BCUT2D eigenvalue weighted by Crippen LogP contribution is -2.09. The maximum atomic E-state index is 5.85. The van der Waals surface area contributed by atoms with Crippen LogP contribution in [0.4, 0.5) is 0 Å². The van der Waals surface area contributed by atoms with E-state index in [4.69, 9.17) is 5.73 Å². The Bertz CT molecular complexity index is 547. The summed E-state index contributed by atoms with van der Waals surface area (Å²) in [6.07, 6.45) is 3.94. The summed E-state index contributed by atoms with van der Waals surface area (Å²) in [6, 6.07) is 8.72. The Morgan fingerprint density at radius 2 is 2.33 bits per heavy atom. The van der Waals surface area contributed by atoms with E-state index in [0.29, 0.717) is 5.92 Å². The molecule has 4 heteroatoms. The van der Waals surface area contributed by atoms with E-state index in [1.807, 2.05) is 29.6 Å². The molecule has 2 aromatic rings. The fraction of sp³-hybridized carbons (Fsp3) is 0.357. The van der Waals surface area contributed by atoms with E-state index in [2.05, 4.69) is 35.6 Å². The second kappa shape index (κ2) is 4.78. The number of hydrogen-bond acceptors (Lipinski definition) is 3. The molecule has 3 nitrogen and oxygen atoms in total. The normalized spacial score (nSPS) is 19.8. The van der Waals surface area contributed by atoms with Crippen LogP contribution in [0.25, 0.3) is 0 Å². The molecule has 2 atom stereocenters. The number of nitrogens with zero attached hydrogens (tertiary/aromatic N) is 2. The highest BCUT2D eigenvalue weighted by atomic mass is 32.2. The molecule has 0 saturated heterocycles. The Morgan fingerprint density at radius 1 is 1.50 bits per heavy atom. The average Bonchev–Trinajstić information content (AvgIpc) is 2.98. The molecule has 2 N–H and O–H groups in total. The zero-order chi connectivity index (χ0) is 12.5. The highest BCUT2D eigenvalue weighted by Crippen LogP contribution is 2.39. The maximum Gasteiger partial charge on any atom is 0.0537 e. The van der Waals surface area contributed by atoms with Gasteiger partial charge in [0.1, 0.15) is 0 Å². The van der Waals surface area contributed by atoms with E-state index in [1.165, 1.54) is 10.5 Å². The zero-order valence-corrected chi connectivity index (χ0v) is 11.2. The Morgan fingerprint density at radius 3 is 3.11 bits per heavy atom. The first-order valence-corrected chi connectivity index (χ1v) is 7.22. The first kappa shape index (κ1) is 11.8. The summed E-state index contributed by atoms with van der Waals surface area (Å²) in [7, 11) is 0. The van der Waals surface area contributed by atoms with Crippen molar-refractivity contribution in [1.29, 1.82) is 0 Å². The monoisotopic (exact) mass is 259 g/mol. The van der Waals surface area contributed by atoms with Crippen LogP contribution < -0.4 is 5.73 Å². The highest BCUT2D eigenvalue weighted by molar-refractivity contribution is 7.99. The summed E-state index contributed by atoms with van der Waals surface area (Å²) < 4.78 is 2.02. The first-order valence-electron chi connectivity index (χ1n) is 6.23. The van der Waals surface area contributed by atoms with Gasteiger partial charge in [0, 0.05) is 40.9 Å². The zero-order valence-electron chi connectivity index (χ0n) is 10.4. The van der Waals surface area contributed by atoms with Crippen molar-refractivity contribution in [2.24, 2.45) is 5.73 Å². The minimum atomic E-state index is 0.0592. The van der Waals surface area contributed by atoms with Gasteiger partial charge in [0.25, 0.3) is 0 Å². The van der Waals surface area contributed by atoms with E-state index in [0.717, 1.165) is 17.9 Å². The number of rotatable bonds is 3. The third kappa shape index (κ3) is 2.18. The number of benzene rings is 1. The minimum absolute atomic E-state index is 0.0592. The average molecular weight is 259 g/mol. The highest BCUT2D eigenvalue weighted by Gasteiger charge is 2.23. The molecule has 1 aliphatic heterocycles. The molecule has 0 saturated carbocycles. The number of hydrogen-bond donors (Lipinski definition) is 1. The van der Waals surface area contributed by atoms with Crippen LogP contribution in [0, 0.1) is 0 Å². The molecule has 0 bridgehead atoms. The van der Waals surface area contributed by atoms with E-state index in [1.54, 1.807) is 0 Å². The second-order valence-electron chi connectivity index (χ2n) is 4.83. The Labute approximate surface area is 111 Å². The van der Waals surface area contributed by atoms with Crippen LogP contribution in [-0.2, 0) is 6.54 Å². The van der Waals surface area contributed by atoms with Crippen LogP contribution >= 0.6 is 11.8 Å². The largest absolute Gasteiger partial charge is 0.324 e. The number of aromatic nitrogens is 2. The third-order valence-corrected chi connectivity index (χ3v) is 4.64. The van der Waals surface area contributed by atoms with Crippen LogP contribution in [0.5, 0.6) is 0 Å². The lowest BCUT2D eigenvalue weighted by atomic mass is 10.0. The van der Waals surface area contributed by atoms with Gasteiger partial charge in [-0.25, -0.2) is 0 Å². The van der Waals surface area contributed by atoms with Crippen molar-refractivity contribution >= 4 is 11.8 Å². The molecule has 1 aliphatic rings. The Balaban J connectivity index is 1.78. The molecular weight excluding hydrogens is 242 g/mol. The van der Waals surface area contributed by atoms with Crippen molar-refractivity contribution < 1.29 is 0 Å². The molecule has 0 radical (unpaired) electrons.